The maximum absolute atomic E-state index is 14.0. The van der Waals surface area contributed by atoms with E-state index in [0.29, 0.717) is 0 Å². The van der Waals surface area contributed by atoms with Gasteiger partial charge in [0.25, 0.3) is 0 Å². The van der Waals surface area contributed by atoms with Gasteiger partial charge in [-0.25, -0.2) is 0 Å². The summed E-state index contributed by atoms with van der Waals surface area (Å²) in [5, 5.41) is 0. The molecule has 1 aliphatic carbocycles. The molecule has 172 valence electrons. The molecule has 15 heteroatoms. The lowest BCUT2D eigenvalue weighted by Gasteiger charge is -2.43. The largest absolute Gasteiger partial charge is 0.469 e. The van der Waals surface area contributed by atoms with Gasteiger partial charge in [-0.2, -0.15) is 57.1 Å². The van der Waals surface area contributed by atoms with Gasteiger partial charge in [-0.1, -0.05) is 0 Å². The molecule has 0 radical (unpaired) electrons. The van der Waals surface area contributed by atoms with E-state index >= 15 is 0 Å². The van der Waals surface area contributed by atoms with Crippen molar-refractivity contribution in [2.75, 3.05) is 7.11 Å². The summed E-state index contributed by atoms with van der Waals surface area (Å²) in [6.07, 6.45) is -10.8. The Kier molecular flexibility index (Phi) is 6.49. The molecule has 0 saturated heterocycles. The first-order valence-corrected chi connectivity index (χ1v) is 7.73. The summed E-state index contributed by atoms with van der Waals surface area (Å²) in [6.45, 7) is 0. The minimum Gasteiger partial charge on any atom is -0.469 e. The van der Waals surface area contributed by atoms with Crippen molar-refractivity contribution >= 4 is 5.97 Å². The molecule has 29 heavy (non-hydrogen) atoms. The summed E-state index contributed by atoms with van der Waals surface area (Å²) in [7, 11) is 0.903. The summed E-state index contributed by atoms with van der Waals surface area (Å²) in [6, 6.07) is 0. The Hall–Kier alpha value is -1.44. The topological polar surface area (TPSA) is 26.3 Å². The molecule has 0 aliphatic heterocycles. The predicted molar refractivity (Wildman–Crippen MR) is 68.3 cm³/mol. The smallest absolute Gasteiger partial charge is 0.460 e. The highest BCUT2D eigenvalue weighted by molar-refractivity contribution is 5.72. The maximum Gasteiger partial charge on any atom is 0.460 e. The number of hydrogen-bond acceptors (Lipinski definition) is 2. The van der Waals surface area contributed by atoms with Crippen molar-refractivity contribution in [3.8, 4) is 0 Å². The van der Waals surface area contributed by atoms with Gasteiger partial charge in [0.1, 0.15) is 0 Å². The Morgan fingerprint density at radius 2 is 1.03 bits per heavy atom. The van der Waals surface area contributed by atoms with E-state index in [0.717, 1.165) is 7.11 Å². The number of methoxy groups -OCH3 is 1. The molecule has 1 rings (SSSR count). The van der Waals surface area contributed by atoms with Gasteiger partial charge >= 0.3 is 41.8 Å². The fourth-order valence-corrected chi connectivity index (χ4v) is 2.90. The van der Waals surface area contributed by atoms with Crippen LogP contribution >= 0.6 is 0 Å². The van der Waals surface area contributed by atoms with Crippen LogP contribution < -0.4 is 0 Å². The first-order chi connectivity index (χ1) is 12.7. The number of esters is 1. The number of carbonyl (C=O) groups is 1. The average Bonchev–Trinajstić information content (AvgIpc) is 2.59. The minimum atomic E-state index is -7.89. The van der Waals surface area contributed by atoms with Crippen molar-refractivity contribution in [1.29, 1.82) is 0 Å². The van der Waals surface area contributed by atoms with Crippen molar-refractivity contribution in [2.45, 2.75) is 61.5 Å². The molecule has 0 N–H and O–H groups in total. The predicted octanol–water partition coefficient (Wildman–Crippen LogP) is 5.70. The zero-order chi connectivity index (χ0) is 23.3. The third-order valence-corrected chi connectivity index (χ3v) is 4.73. The third kappa shape index (κ3) is 3.73. The summed E-state index contributed by atoms with van der Waals surface area (Å²) in [4.78, 5) is 11.2. The van der Waals surface area contributed by atoms with Crippen LogP contribution in [0, 0.1) is 11.8 Å². The number of hydrogen-bond donors (Lipinski definition) is 0. The van der Waals surface area contributed by atoms with Crippen LogP contribution in [0.2, 0.25) is 0 Å². The van der Waals surface area contributed by atoms with E-state index in [9.17, 15) is 61.9 Å². The summed E-state index contributed by atoms with van der Waals surface area (Å²) in [5.41, 5.74) is 0. The van der Waals surface area contributed by atoms with Crippen molar-refractivity contribution in [2.24, 2.45) is 11.8 Å². The molecule has 0 aromatic carbocycles. The molecular formula is C14H13F13O2. The number of alkyl halides is 13. The SMILES string of the molecule is COC(=O)C1CCC(C(F)(F)C(F)(F)C(F)(F)C(F)(F)C(F)(F)C(F)(F)F)CC1. The van der Waals surface area contributed by atoms with E-state index in [2.05, 4.69) is 4.74 Å². The highest BCUT2D eigenvalue weighted by Gasteiger charge is 2.91. The monoisotopic (exact) mass is 460 g/mol. The highest BCUT2D eigenvalue weighted by Crippen LogP contribution is 2.62. The molecule has 0 aromatic rings. The molecule has 2 nitrogen and oxygen atoms in total. The van der Waals surface area contributed by atoms with Crippen LogP contribution in [-0.4, -0.2) is 48.9 Å². The Morgan fingerprint density at radius 3 is 1.38 bits per heavy atom. The Balaban J connectivity index is 3.25. The fraction of sp³-hybridized carbons (Fsp3) is 0.929. The molecule has 0 aromatic heterocycles. The molecule has 0 spiro atoms. The molecule has 1 aliphatic rings. The second kappa shape index (κ2) is 7.36. The first kappa shape index (κ1) is 25.6. The highest BCUT2D eigenvalue weighted by atomic mass is 19.4. The third-order valence-electron chi connectivity index (χ3n) is 4.73. The maximum atomic E-state index is 14.0. The van der Waals surface area contributed by atoms with E-state index in [-0.39, 0.29) is 0 Å². The summed E-state index contributed by atoms with van der Waals surface area (Å²) < 4.78 is 175. The van der Waals surface area contributed by atoms with Gasteiger partial charge in [0.05, 0.1) is 13.0 Å². The van der Waals surface area contributed by atoms with Crippen molar-refractivity contribution in [3.63, 3.8) is 0 Å². The quantitative estimate of drug-likeness (QED) is 0.375. The Bertz CT molecular complexity index is 603. The Morgan fingerprint density at radius 1 is 0.655 bits per heavy atom. The van der Waals surface area contributed by atoms with Gasteiger partial charge in [0, 0.05) is 5.92 Å². The van der Waals surface area contributed by atoms with Crippen LogP contribution in [0.1, 0.15) is 25.7 Å². The van der Waals surface area contributed by atoms with Crippen LogP contribution in [0.15, 0.2) is 0 Å². The van der Waals surface area contributed by atoms with Crippen LogP contribution in [-0.2, 0) is 9.53 Å². The Labute approximate surface area is 154 Å². The van der Waals surface area contributed by atoms with Gasteiger partial charge in [0.15, 0.2) is 0 Å². The van der Waals surface area contributed by atoms with Crippen LogP contribution in [0.5, 0.6) is 0 Å². The molecular weight excluding hydrogens is 447 g/mol. The number of halogens is 13. The van der Waals surface area contributed by atoms with Crippen LogP contribution in [0.25, 0.3) is 0 Å². The number of ether oxygens (including phenoxy) is 1. The van der Waals surface area contributed by atoms with Crippen molar-refractivity contribution in [3.05, 3.63) is 0 Å². The normalized spacial score (nSPS) is 23.1. The molecule has 0 heterocycles. The number of rotatable bonds is 6. The van der Waals surface area contributed by atoms with E-state index in [4.69, 9.17) is 0 Å². The lowest BCUT2D eigenvalue weighted by atomic mass is 9.75. The van der Waals surface area contributed by atoms with E-state index in [1.807, 2.05) is 0 Å². The zero-order valence-corrected chi connectivity index (χ0v) is 14.2. The lowest BCUT2D eigenvalue weighted by molar-refractivity contribution is -0.443. The van der Waals surface area contributed by atoms with Crippen LogP contribution in [0.4, 0.5) is 57.1 Å². The van der Waals surface area contributed by atoms with E-state index in [1.165, 1.54) is 0 Å². The molecule has 1 fully saturated rings. The molecule has 0 amide bonds. The molecule has 0 unspecified atom stereocenters. The van der Waals surface area contributed by atoms with Crippen molar-refractivity contribution in [1.82, 2.24) is 0 Å². The molecule has 1 saturated carbocycles. The number of carbonyl (C=O) groups excluding carboxylic acids is 1. The van der Waals surface area contributed by atoms with Crippen molar-refractivity contribution < 1.29 is 66.6 Å². The lowest BCUT2D eigenvalue weighted by Crippen LogP contribution is -2.71. The van der Waals surface area contributed by atoms with Gasteiger partial charge in [-0.15, -0.1) is 0 Å². The van der Waals surface area contributed by atoms with Gasteiger partial charge in [-0.3, -0.25) is 4.79 Å². The summed E-state index contributed by atoms with van der Waals surface area (Å²) in [5.74, 6) is -41.6. The van der Waals surface area contributed by atoms with Crippen LogP contribution in [0.3, 0.4) is 0 Å². The van der Waals surface area contributed by atoms with E-state index in [1.54, 1.807) is 0 Å². The van der Waals surface area contributed by atoms with Gasteiger partial charge < -0.3 is 4.74 Å². The average molecular weight is 460 g/mol. The molecule has 0 bridgehead atoms. The zero-order valence-electron chi connectivity index (χ0n) is 14.2. The van der Waals surface area contributed by atoms with Gasteiger partial charge in [-0.05, 0) is 25.7 Å². The van der Waals surface area contributed by atoms with Gasteiger partial charge in [0.2, 0.25) is 0 Å². The fourth-order valence-electron chi connectivity index (χ4n) is 2.90. The summed E-state index contributed by atoms with van der Waals surface area (Å²) >= 11 is 0. The minimum absolute atomic E-state index is 0.607. The second-order valence-corrected chi connectivity index (χ2v) is 6.49. The molecule has 0 atom stereocenters. The standard InChI is InChI=1S/C14H13F13O2/c1-29-8(28)6-2-4-7(5-3-6)9(15,16)10(17,18)11(19,20)12(21,22)13(23,24)14(25,26)27/h6-7H,2-5H2,1H3. The van der Waals surface area contributed by atoms with E-state index < -0.39 is 79.3 Å². The second-order valence-electron chi connectivity index (χ2n) is 6.49. The first-order valence-electron chi connectivity index (χ1n) is 7.73.